The normalized spacial score (nSPS) is 12.3. The van der Waals surface area contributed by atoms with Crippen LogP contribution in [0, 0.1) is 5.82 Å². The summed E-state index contributed by atoms with van der Waals surface area (Å²) in [6.45, 7) is 8.04. The molecule has 3 nitrogen and oxygen atoms in total. The Hall–Kier alpha value is -1.58. The topological polar surface area (TPSA) is 29.5 Å². The second-order valence-corrected chi connectivity index (χ2v) is 5.29. The van der Waals surface area contributed by atoms with E-state index in [9.17, 15) is 9.18 Å². The molecule has 0 saturated heterocycles. The molecule has 0 fully saturated rings. The van der Waals surface area contributed by atoms with Crippen molar-refractivity contribution in [2.75, 3.05) is 7.11 Å². The highest BCUT2D eigenvalue weighted by Crippen LogP contribution is 2.24. The van der Waals surface area contributed by atoms with Crippen LogP contribution in [0.2, 0.25) is 0 Å². The molecule has 1 atom stereocenters. The SMILES string of the molecule is CCCC(C)N(C(=O)c1cc(F)ccc1OC)C(C)C. The van der Waals surface area contributed by atoms with E-state index in [1.54, 1.807) is 4.90 Å². The zero-order valence-electron chi connectivity index (χ0n) is 12.9. The van der Waals surface area contributed by atoms with Crippen molar-refractivity contribution in [3.63, 3.8) is 0 Å². The molecule has 112 valence electrons. The quantitative estimate of drug-likeness (QED) is 0.792. The summed E-state index contributed by atoms with van der Waals surface area (Å²) in [5, 5.41) is 0. The van der Waals surface area contributed by atoms with Crippen LogP contribution < -0.4 is 4.74 Å². The summed E-state index contributed by atoms with van der Waals surface area (Å²) < 4.78 is 18.6. The van der Waals surface area contributed by atoms with Crippen molar-refractivity contribution in [3.05, 3.63) is 29.6 Å². The van der Waals surface area contributed by atoms with Crippen LogP contribution in [0.1, 0.15) is 50.9 Å². The van der Waals surface area contributed by atoms with Crippen molar-refractivity contribution in [2.45, 2.75) is 52.6 Å². The maximum atomic E-state index is 13.4. The van der Waals surface area contributed by atoms with Gasteiger partial charge >= 0.3 is 0 Å². The van der Waals surface area contributed by atoms with Gasteiger partial charge in [0.25, 0.3) is 5.91 Å². The largest absolute Gasteiger partial charge is 0.496 e. The standard InChI is InChI=1S/C16H24FNO2/c1-6-7-12(4)18(11(2)3)16(19)14-10-13(17)8-9-15(14)20-5/h8-12H,6-7H2,1-5H3. The first-order valence-electron chi connectivity index (χ1n) is 7.08. The van der Waals surface area contributed by atoms with Gasteiger partial charge in [0.1, 0.15) is 11.6 Å². The molecule has 0 saturated carbocycles. The molecule has 0 radical (unpaired) electrons. The van der Waals surface area contributed by atoms with Crippen LogP contribution in [0.3, 0.4) is 0 Å². The van der Waals surface area contributed by atoms with Crippen molar-refractivity contribution in [1.29, 1.82) is 0 Å². The van der Waals surface area contributed by atoms with Gasteiger partial charge in [0.15, 0.2) is 0 Å². The monoisotopic (exact) mass is 281 g/mol. The molecule has 1 rings (SSSR count). The molecule has 20 heavy (non-hydrogen) atoms. The number of benzene rings is 1. The number of halogens is 1. The Bertz CT molecular complexity index is 460. The Balaban J connectivity index is 3.15. The zero-order valence-corrected chi connectivity index (χ0v) is 12.9. The molecule has 0 aromatic heterocycles. The van der Waals surface area contributed by atoms with E-state index in [0.29, 0.717) is 5.75 Å². The van der Waals surface area contributed by atoms with Crippen LogP contribution in [-0.4, -0.2) is 30.0 Å². The van der Waals surface area contributed by atoms with E-state index in [0.717, 1.165) is 12.8 Å². The predicted octanol–water partition coefficient (Wildman–Crippen LogP) is 3.87. The minimum atomic E-state index is -0.430. The number of ether oxygens (including phenoxy) is 1. The van der Waals surface area contributed by atoms with Crippen molar-refractivity contribution < 1.29 is 13.9 Å². The first-order chi connectivity index (χ1) is 9.42. The summed E-state index contributed by atoms with van der Waals surface area (Å²) in [6, 6.07) is 4.20. The lowest BCUT2D eigenvalue weighted by Gasteiger charge is -2.33. The average Bonchev–Trinajstić information content (AvgIpc) is 2.38. The second kappa shape index (κ2) is 7.27. The smallest absolute Gasteiger partial charge is 0.258 e. The predicted molar refractivity (Wildman–Crippen MR) is 78.6 cm³/mol. The third kappa shape index (κ3) is 3.71. The van der Waals surface area contributed by atoms with Crippen LogP contribution in [-0.2, 0) is 0 Å². The zero-order chi connectivity index (χ0) is 15.3. The summed E-state index contributed by atoms with van der Waals surface area (Å²) in [5.74, 6) is -0.205. The summed E-state index contributed by atoms with van der Waals surface area (Å²) in [5.41, 5.74) is 0.282. The highest BCUT2D eigenvalue weighted by atomic mass is 19.1. The van der Waals surface area contributed by atoms with E-state index in [2.05, 4.69) is 6.92 Å². The molecule has 0 aliphatic rings. The Morgan fingerprint density at radius 1 is 1.35 bits per heavy atom. The molecule has 0 heterocycles. The number of methoxy groups -OCH3 is 1. The van der Waals surface area contributed by atoms with Gasteiger partial charge in [-0.25, -0.2) is 4.39 Å². The molecule has 4 heteroatoms. The van der Waals surface area contributed by atoms with Gasteiger partial charge in [-0.1, -0.05) is 13.3 Å². The highest BCUT2D eigenvalue weighted by Gasteiger charge is 2.26. The fourth-order valence-electron chi connectivity index (χ4n) is 2.49. The minimum absolute atomic E-state index is 0.0528. The number of rotatable bonds is 6. The molecule has 0 aliphatic heterocycles. The molecule has 1 aromatic rings. The van der Waals surface area contributed by atoms with Crippen molar-refractivity contribution in [3.8, 4) is 5.75 Å². The number of amides is 1. The van der Waals surface area contributed by atoms with E-state index in [1.807, 2.05) is 20.8 Å². The number of nitrogens with zero attached hydrogens (tertiary/aromatic N) is 1. The van der Waals surface area contributed by atoms with Crippen LogP contribution in [0.4, 0.5) is 4.39 Å². The van der Waals surface area contributed by atoms with E-state index >= 15 is 0 Å². The first-order valence-corrected chi connectivity index (χ1v) is 7.08. The van der Waals surface area contributed by atoms with Crippen LogP contribution in [0.25, 0.3) is 0 Å². The third-order valence-electron chi connectivity index (χ3n) is 3.36. The van der Waals surface area contributed by atoms with Crippen LogP contribution >= 0.6 is 0 Å². The lowest BCUT2D eigenvalue weighted by molar-refractivity contribution is 0.0612. The molecular formula is C16H24FNO2. The van der Waals surface area contributed by atoms with Gasteiger partial charge in [-0.2, -0.15) is 0 Å². The number of hydrogen-bond donors (Lipinski definition) is 0. The second-order valence-electron chi connectivity index (χ2n) is 5.29. The van der Waals surface area contributed by atoms with Gasteiger partial charge in [0, 0.05) is 12.1 Å². The summed E-state index contributed by atoms with van der Waals surface area (Å²) >= 11 is 0. The number of carbonyl (C=O) groups is 1. The first kappa shape index (κ1) is 16.5. The Kier molecular flexibility index (Phi) is 5.99. The Morgan fingerprint density at radius 2 is 2.00 bits per heavy atom. The van der Waals surface area contributed by atoms with Crippen LogP contribution in [0.15, 0.2) is 18.2 Å². The molecule has 0 aliphatic carbocycles. The van der Waals surface area contributed by atoms with Gasteiger partial charge in [-0.3, -0.25) is 4.79 Å². The Labute approximate surface area is 120 Å². The van der Waals surface area contributed by atoms with E-state index in [4.69, 9.17) is 4.74 Å². The van der Waals surface area contributed by atoms with Gasteiger partial charge < -0.3 is 9.64 Å². The molecule has 1 unspecified atom stereocenters. The van der Waals surface area contributed by atoms with E-state index in [-0.39, 0.29) is 23.6 Å². The maximum Gasteiger partial charge on any atom is 0.258 e. The third-order valence-corrected chi connectivity index (χ3v) is 3.36. The van der Waals surface area contributed by atoms with Gasteiger partial charge in [-0.15, -0.1) is 0 Å². The molecule has 1 aromatic carbocycles. The molecule has 1 amide bonds. The molecule has 0 bridgehead atoms. The Morgan fingerprint density at radius 3 is 2.50 bits per heavy atom. The minimum Gasteiger partial charge on any atom is -0.496 e. The summed E-state index contributed by atoms with van der Waals surface area (Å²) in [7, 11) is 1.49. The molecule has 0 N–H and O–H groups in total. The van der Waals surface area contributed by atoms with E-state index in [1.165, 1.54) is 25.3 Å². The maximum absolute atomic E-state index is 13.4. The van der Waals surface area contributed by atoms with Crippen LogP contribution in [0.5, 0.6) is 5.75 Å². The average molecular weight is 281 g/mol. The fourth-order valence-corrected chi connectivity index (χ4v) is 2.49. The van der Waals surface area contributed by atoms with Crippen molar-refractivity contribution >= 4 is 5.91 Å². The molecule has 0 spiro atoms. The number of carbonyl (C=O) groups excluding carboxylic acids is 1. The highest BCUT2D eigenvalue weighted by molar-refractivity contribution is 5.97. The number of hydrogen-bond acceptors (Lipinski definition) is 2. The van der Waals surface area contributed by atoms with Crippen molar-refractivity contribution in [2.24, 2.45) is 0 Å². The fraction of sp³-hybridized carbons (Fsp3) is 0.562. The summed E-state index contributed by atoms with van der Waals surface area (Å²) in [4.78, 5) is 14.5. The van der Waals surface area contributed by atoms with Gasteiger partial charge in [0.2, 0.25) is 0 Å². The van der Waals surface area contributed by atoms with E-state index < -0.39 is 5.82 Å². The van der Waals surface area contributed by atoms with Gasteiger partial charge in [-0.05, 0) is 45.4 Å². The van der Waals surface area contributed by atoms with Gasteiger partial charge in [0.05, 0.1) is 12.7 Å². The van der Waals surface area contributed by atoms with Crippen molar-refractivity contribution in [1.82, 2.24) is 4.90 Å². The summed E-state index contributed by atoms with van der Waals surface area (Å²) in [6.07, 6.45) is 1.92. The lowest BCUT2D eigenvalue weighted by atomic mass is 10.1. The molecular weight excluding hydrogens is 257 g/mol. The lowest BCUT2D eigenvalue weighted by Crippen LogP contribution is -2.43.